The Morgan fingerprint density at radius 2 is 1.55 bits per heavy atom. The molecule has 0 aliphatic carbocycles. The van der Waals surface area contributed by atoms with Gasteiger partial charge in [0, 0.05) is 19.2 Å². The summed E-state index contributed by atoms with van der Waals surface area (Å²) in [5.74, 6) is 0. The average molecular weight is 319 g/mol. The lowest BCUT2D eigenvalue weighted by Gasteiger charge is -2.26. The van der Waals surface area contributed by atoms with Crippen LogP contribution in [0.1, 0.15) is 13.8 Å². The van der Waals surface area contributed by atoms with Gasteiger partial charge in [-0.1, -0.05) is 48.5 Å². The van der Waals surface area contributed by atoms with E-state index < -0.39 is 15.6 Å². The van der Waals surface area contributed by atoms with Crippen LogP contribution in [-0.2, 0) is 10.0 Å². The Labute approximate surface area is 132 Å². The van der Waals surface area contributed by atoms with Gasteiger partial charge in [0.2, 0.25) is 10.0 Å². The van der Waals surface area contributed by atoms with Crippen molar-refractivity contribution in [2.45, 2.75) is 24.3 Å². The van der Waals surface area contributed by atoms with Gasteiger partial charge in [-0.15, -0.1) is 0 Å². The monoisotopic (exact) mass is 319 g/mol. The van der Waals surface area contributed by atoms with Crippen molar-refractivity contribution in [2.24, 2.45) is 0 Å². The van der Waals surface area contributed by atoms with E-state index in [-0.39, 0.29) is 11.4 Å². The first-order valence-electron chi connectivity index (χ1n) is 7.05. The number of sulfonamides is 1. The van der Waals surface area contributed by atoms with Crippen LogP contribution in [0.3, 0.4) is 0 Å². The molecule has 0 unspecified atom stereocenters. The molecular weight excluding hydrogens is 298 g/mol. The highest BCUT2D eigenvalue weighted by Crippen LogP contribution is 2.29. The maximum atomic E-state index is 12.8. The lowest BCUT2D eigenvalue weighted by Crippen LogP contribution is -2.39. The van der Waals surface area contributed by atoms with Crippen molar-refractivity contribution < 1.29 is 13.5 Å². The zero-order valence-corrected chi connectivity index (χ0v) is 13.8. The molecule has 1 N–H and O–H groups in total. The summed E-state index contributed by atoms with van der Waals surface area (Å²) in [6.45, 7) is 3.20. The number of rotatable bonds is 5. The number of benzene rings is 2. The molecule has 4 nitrogen and oxygen atoms in total. The third kappa shape index (κ3) is 3.74. The second kappa shape index (κ2) is 6.20. The molecule has 0 saturated carbocycles. The molecule has 5 heteroatoms. The summed E-state index contributed by atoms with van der Waals surface area (Å²) in [6, 6.07) is 16.3. The SMILES string of the molecule is CN(CC(C)(C)O)S(=O)(=O)c1ccccc1-c1ccccc1. The van der Waals surface area contributed by atoms with Gasteiger partial charge in [0.1, 0.15) is 0 Å². The minimum absolute atomic E-state index is 0.0262. The van der Waals surface area contributed by atoms with Crippen LogP contribution in [-0.4, -0.2) is 37.0 Å². The van der Waals surface area contributed by atoms with Crippen LogP contribution in [0.5, 0.6) is 0 Å². The highest BCUT2D eigenvalue weighted by atomic mass is 32.2. The summed E-state index contributed by atoms with van der Waals surface area (Å²) in [4.78, 5) is 0.243. The van der Waals surface area contributed by atoms with E-state index >= 15 is 0 Å². The fourth-order valence-electron chi connectivity index (χ4n) is 2.35. The molecule has 0 atom stereocenters. The Kier molecular flexibility index (Phi) is 4.70. The molecule has 22 heavy (non-hydrogen) atoms. The molecule has 0 fully saturated rings. The van der Waals surface area contributed by atoms with E-state index in [0.717, 1.165) is 5.56 Å². The van der Waals surface area contributed by atoms with E-state index in [0.29, 0.717) is 5.56 Å². The Hall–Kier alpha value is -1.69. The van der Waals surface area contributed by atoms with Crippen molar-refractivity contribution in [3.63, 3.8) is 0 Å². The summed E-state index contributed by atoms with van der Waals surface area (Å²) in [7, 11) is -2.20. The molecule has 0 aromatic heterocycles. The molecule has 0 heterocycles. The molecule has 0 amide bonds. The van der Waals surface area contributed by atoms with Crippen LogP contribution in [0.25, 0.3) is 11.1 Å². The van der Waals surface area contributed by atoms with Gasteiger partial charge in [-0.05, 0) is 25.5 Å². The summed E-state index contributed by atoms with van der Waals surface area (Å²) in [6.07, 6.45) is 0. The van der Waals surface area contributed by atoms with E-state index in [4.69, 9.17) is 0 Å². The number of hydrogen-bond acceptors (Lipinski definition) is 3. The Bertz CT molecular complexity index is 734. The molecule has 0 saturated heterocycles. The number of nitrogens with zero attached hydrogens (tertiary/aromatic N) is 1. The molecule has 0 radical (unpaired) electrons. The minimum atomic E-state index is -3.68. The summed E-state index contributed by atoms with van der Waals surface area (Å²) >= 11 is 0. The smallest absolute Gasteiger partial charge is 0.243 e. The first kappa shape index (κ1) is 16.7. The predicted octanol–water partition coefficient (Wildman–Crippen LogP) is 2.75. The highest BCUT2D eigenvalue weighted by Gasteiger charge is 2.28. The summed E-state index contributed by atoms with van der Waals surface area (Å²) in [5.41, 5.74) is 0.410. The van der Waals surface area contributed by atoms with Crippen molar-refractivity contribution in [1.82, 2.24) is 4.31 Å². The fourth-order valence-corrected chi connectivity index (χ4v) is 3.88. The van der Waals surface area contributed by atoms with Crippen molar-refractivity contribution in [3.05, 3.63) is 54.6 Å². The maximum Gasteiger partial charge on any atom is 0.243 e. The lowest BCUT2D eigenvalue weighted by molar-refractivity contribution is 0.0640. The molecule has 0 aliphatic heterocycles. The Morgan fingerprint density at radius 3 is 2.14 bits per heavy atom. The van der Waals surface area contributed by atoms with Gasteiger partial charge >= 0.3 is 0 Å². The average Bonchev–Trinajstić information content (AvgIpc) is 2.46. The van der Waals surface area contributed by atoms with Crippen LogP contribution in [0.15, 0.2) is 59.5 Å². The van der Waals surface area contributed by atoms with Crippen LogP contribution in [0, 0.1) is 0 Å². The Morgan fingerprint density at radius 1 is 1.00 bits per heavy atom. The van der Waals surface area contributed by atoms with Gasteiger partial charge in [0.15, 0.2) is 0 Å². The van der Waals surface area contributed by atoms with Crippen LogP contribution in [0.2, 0.25) is 0 Å². The third-order valence-electron chi connectivity index (χ3n) is 3.27. The second-order valence-corrected chi connectivity index (χ2v) is 7.95. The van der Waals surface area contributed by atoms with Gasteiger partial charge in [0.25, 0.3) is 0 Å². The number of likely N-dealkylation sites (N-methyl/N-ethyl adjacent to an activating group) is 1. The zero-order chi connectivity index (χ0) is 16.4. The van der Waals surface area contributed by atoms with Crippen LogP contribution < -0.4 is 0 Å². The highest BCUT2D eigenvalue weighted by molar-refractivity contribution is 7.89. The predicted molar refractivity (Wildman–Crippen MR) is 88.0 cm³/mol. The van der Waals surface area contributed by atoms with Crippen molar-refractivity contribution >= 4 is 10.0 Å². The van der Waals surface area contributed by atoms with Crippen LogP contribution >= 0.6 is 0 Å². The molecule has 0 bridgehead atoms. The third-order valence-corrected chi connectivity index (χ3v) is 5.13. The number of hydrogen-bond donors (Lipinski definition) is 1. The molecular formula is C17H21NO3S. The zero-order valence-electron chi connectivity index (χ0n) is 13.0. The van der Waals surface area contributed by atoms with E-state index in [1.165, 1.54) is 11.4 Å². The largest absolute Gasteiger partial charge is 0.389 e. The normalized spacial score (nSPS) is 12.6. The second-order valence-electron chi connectivity index (χ2n) is 5.94. The van der Waals surface area contributed by atoms with E-state index in [1.54, 1.807) is 32.0 Å². The summed E-state index contributed by atoms with van der Waals surface area (Å²) in [5, 5.41) is 9.88. The molecule has 0 aliphatic rings. The van der Waals surface area contributed by atoms with E-state index in [1.807, 2.05) is 36.4 Å². The van der Waals surface area contributed by atoms with E-state index in [2.05, 4.69) is 0 Å². The van der Waals surface area contributed by atoms with Gasteiger partial charge in [-0.3, -0.25) is 0 Å². The van der Waals surface area contributed by atoms with Gasteiger partial charge in [0.05, 0.1) is 10.5 Å². The maximum absolute atomic E-state index is 12.8. The number of aliphatic hydroxyl groups is 1. The van der Waals surface area contributed by atoms with Crippen molar-refractivity contribution in [3.8, 4) is 11.1 Å². The summed E-state index contributed by atoms with van der Waals surface area (Å²) < 4.78 is 26.8. The van der Waals surface area contributed by atoms with Gasteiger partial charge in [-0.25, -0.2) is 8.42 Å². The van der Waals surface area contributed by atoms with Crippen molar-refractivity contribution in [2.75, 3.05) is 13.6 Å². The quantitative estimate of drug-likeness (QED) is 0.922. The standard InChI is InChI=1S/C17H21NO3S/c1-17(2,19)13-18(3)22(20,21)16-12-8-7-11-15(16)14-9-5-4-6-10-14/h4-12,19H,13H2,1-3H3. The Balaban J connectivity index is 2.49. The molecule has 2 aromatic carbocycles. The van der Waals surface area contributed by atoms with E-state index in [9.17, 15) is 13.5 Å². The van der Waals surface area contributed by atoms with Crippen LogP contribution in [0.4, 0.5) is 0 Å². The van der Waals surface area contributed by atoms with Gasteiger partial charge < -0.3 is 5.11 Å². The molecule has 2 rings (SSSR count). The first-order chi connectivity index (χ1) is 10.2. The lowest BCUT2D eigenvalue weighted by atomic mass is 10.1. The van der Waals surface area contributed by atoms with Crippen molar-refractivity contribution in [1.29, 1.82) is 0 Å². The molecule has 2 aromatic rings. The molecule has 0 spiro atoms. The first-order valence-corrected chi connectivity index (χ1v) is 8.49. The van der Waals surface area contributed by atoms with Gasteiger partial charge in [-0.2, -0.15) is 4.31 Å². The minimum Gasteiger partial charge on any atom is -0.389 e. The molecule has 118 valence electrons. The fraction of sp³-hybridized carbons (Fsp3) is 0.294. The topological polar surface area (TPSA) is 57.6 Å².